The summed E-state index contributed by atoms with van der Waals surface area (Å²) in [6.07, 6.45) is -4.33. The van der Waals surface area contributed by atoms with Crippen molar-refractivity contribution >= 4 is 20.3 Å². The van der Waals surface area contributed by atoms with Crippen molar-refractivity contribution < 1.29 is 43.5 Å². The van der Waals surface area contributed by atoms with Gasteiger partial charge in [-0.3, -0.25) is 4.79 Å². The van der Waals surface area contributed by atoms with Gasteiger partial charge in [0.05, 0.1) is 36.4 Å². The molecule has 1 aromatic rings. The molecule has 0 aromatic heterocycles. The van der Waals surface area contributed by atoms with Crippen molar-refractivity contribution in [2.75, 3.05) is 6.61 Å². The summed E-state index contributed by atoms with van der Waals surface area (Å²) in [5.41, 5.74) is -3.64. The lowest BCUT2D eigenvalue weighted by atomic mass is 9.43. The van der Waals surface area contributed by atoms with Crippen LogP contribution in [0.4, 0.5) is 0 Å². The summed E-state index contributed by atoms with van der Waals surface area (Å²) in [4.78, 5) is 27.0. The molecule has 256 valence electrons. The average molecular weight is 659 g/mol. The molecule has 3 fully saturated rings. The highest BCUT2D eigenvalue weighted by Gasteiger charge is 2.77. The van der Waals surface area contributed by atoms with Crippen LogP contribution in [-0.4, -0.2) is 83.9 Å². The molecule has 0 radical (unpaired) electrons. The molecule has 10 heteroatoms. The number of aliphatic hydroxyl groups is 3. The lowest BCUT2D eigenvalue weighted by Crippen LogP contribution is -2.82. The predicted molar refractivity (Wildman–Crippen MR) is 175 cm³/mol. The second kappa shape index (κ2) is 12.1. The first-order valence-electron chi connectivity index (χ1n) is 17.0. The Kier molecular flexibility index (Phi) is 9.27. The number of ether oxygens (including phenoxy) is 3. The highest BCUT2D eigenvalue weighted by atomic mass is 28.4. The summed E-state index contributed by atoms with van der Waals surface area (Å²) >= 11 is 0. The predicted octanol–water partition coefficient (Wildman–Crippen LogP) is 5.18. The summed E-state index contributed by atoms with van der Waals surface area (Å²) < 4.78 is 26.3. The molecule has 2 bridgehead atoms. The third-order valence-electron chi connectivity index (χ3n) is 12.8. The molecule has 4 aliphatic rings. The Morgan fingerprint density at radius 1 is 1.04 bits per heavy atom. The maximum atomic E-state index is 14.0. The number of hydrogen-bond acceptors (Lipinski definition) is 9. The van der Waals surface area contributed by atoms with E-state index in [1.165, 1.54) is 6.92 Å². The molecule has 46 heavy (non-hydrogen) atoms. The Bertz CT molecular complexity index is 1350. The van der Waals surface area contributed by atoms with E-state index in [4.69, 9.17) is 18.6 Å². The standard InChI is InChI=1S/C36H54O9Si/c1-10-46(11-2,12-3)45-26-18-27-35(20-42-27,44-23(6)37)29-31(43-32(40)24-16-14-13-15-17-24)36(41)19-25(38)21(4)28(33(36,7)8)22(5)30(39)34(26,29)9/h13-17,22,25-27,29-31,38-39,41H,10-12,18-20H2,1-9H3/t22-,25+,26+,27-,29+,30?,31+,34-,35+,36-/m1/s1. The zero-order valence-electron chi connectivity index (χ0n) is 29.0. The number of aliphatic hydroxyl groups excluding tert-OH is 2. The Morgan fingerprint density at radius 3 is 2.17 bits per heavy atom. The van der Waals surface area contributed by atoms with Crippen molar-refractivity contribution in [3.05, 3.63) is 47.0 Å². The fraction of sp³-hybridized carbons (Fsp3) is 0.722. The van der Waals surface area contributed by atoms with Crippen molar-refractivity contribution in [1.29, 1.82) is 0 Å². The van der Waals surface area contributed by atoms with E-state index < -0.39 is 84.6 Å². The van der Waals surface area contributed by atoms with E-state index in [-0.39, 0.29) is 13.0 Å². The van der Waals surface area contributed by atoms with Gasteiger partial charge in [0.1, 0.15) is 17.8 Å². The zero-order valence-corrected chi connectivity index (χ0v) is 30.0. The quantitative estimate of drug-likeness (QED) is 0.197. The van der Waals surface area contributed by atoms with Crippen molar-refractivity contribution in [2.24, 2.45) is 22.7 Å². The molecule has 1 aromatic carbocycles. The van der Waals surface area contributed by atoms with Gasteiger partial charge >= 0.3 is 11.9 Å². The number of carbonyl (C=O) groups excluding carboxylic acids is 2. The van der Waals surface area contributed by atoms with Gasteiger partial charge in [0, 0.05) is 36.5 Å². The molecule has 0 spiro atoms. The van der Waals surface area contributed by atoms with E-state index in [2.05, 4.69) is 20.8 Å². The molecular weight excluding hydrogens is 604 g/mol. The van der Waals surface area contributed by atoms with Gasteiger partial charge in [0.15, 0.2) is 13.9 Å². The fourth-order valence-electron chi connectivity index (χ4n) is 9.86. The molecule has 1 saturated heterocycles. The summed E-state index contributed by atoms with van der Waals surface area (Å²) in [6.45, 7) is 17.3. The molecule has 10 atom stereocenters. The number of hydrogen-bond donors (Lipinski definition) is 3. The fourth-order valence-corrected chi connectivity index (χ4v) is 12.8. The summed E-state index contributed by atoms with van der Waals surface area (Å²) in [5.74, 6) is -2.65. The molecule has 1 unspecified atom stereocenters. The van der Waals surface area contributed by atoms with Crippen molar-refractivity contribution in [3.63, 3.8) is 0 Å². The van der Waals surface area contributed by atoms with Gasteiger partial charge in [-0.15, -0.1) is 0 Å². The molecule has 1 heterocycles. The van der Waals surface area contributed by atoms with Gasteiger partial charge < -0.3 is 34.0 Å². The molecule has 0 amide bonds. The minimum Gasteiger partial charge on any atom is -0.455 e. The van der Waals surface area contributed by atoms with Crippen molar-refractivity contribution in [1.82, 2.24) is 0 Å². The van der Waals surface area contributed by atoms with Crippen LogP contribution >= 0.6 is 0 Å². The van der Waals surface area contributed by atoms with Gasteiger partial charge in [-0.05, 0) is 42.8 Å². The van der Waals surface area contributed by atoms with E-state index in [9.17, 15) is 24.9 Å². The minimum absolute atomic E-state index is 0.0173. The lowest BCUT2D eigenvalue weighted by Gasteiger charge is -2.70. The Morgan fingerprint density at radius 2 is 1.65 bits per heavy atom. The van der Waals surface area contributed by atoms with E-state index in [1.54, 1.807) is 30.3 Å². The van der Waals surface area contributed by atoms with Crippen LogP contribution in [0.25, 0.3) is 0 Å². The number of rotatable bonds is 8. The maximum absolute atomic E-state index is 14.0. The van der Waals surface area contributed by atoms with Crippen LogP contribution in [0.5, 0.6) is 0 Å². The molecule has 5 rings (SSSR count). The van der Waals surface area contributed by atoms with Crippen LogP contribution in [0.2, 0.25) is 18.1 Å². The van der Waals surface area contributed by atoms with Crippen molar-refractivity contribution in [3.8, 4) is 0 Å². The third-order valence-corrected chi connectivity index (χ3v) is 17.5. The van der Waals surface area contributed by atoms with E-state index >= 15 is 0 Å². The van der Waals surface area contributed by atoms with Gasteiger partial charge in [-0.2, -0.15) is 0 Å². The lowest BCUT2D eigenvalue weighted by molar-refractivity contribution is -0.361. The second-order valence-corrected chi connectivity index (χ2v) is 19.8. The van der Waals surface area contributed by atoms with Crippen molar-refractivity contribution in [2.45, 2.75) is 135 Å². The largest absolute Gasteiger partial charge is 0.455 e. The highest BCUT2D eigenvalue weighted by Crippen LogP contribution is 2.66. The maximum Gasteiger partial charge on any atom is 0.338 e. The monoisotopic (exact) mass is 658 g/mol. The normalized spacial score (nSPS) is 40.0. The molecule has 3 aliphatic carbocycles. The molecule has 9 nitrogen and oxygen atoms in total. The molecule has 1 aliphatic heterocycles. The first-order valence-corrected chi connectivity index (χ1v) is 19.6. The van der Waals surface area contributed by atoms with Gasteiger partial charge in [-0.25, -0.2) is 4.79 Å². The third kappa shape index (κ3) is 4.96. The molecule has 3 N–H and O–H groups in total. The topological polar surface area (TPSA) is 132 Å². The van der Waals surface area contributed by atoms with Gasteiger partial charge in [0.25, 0.3) is 0 Å². The van der Waals surface area contributed by atoms with Gasteiger partial charge in [0.2, 0.25) is 0 Å². The van der Waals surface area contributed by atoms with Crippen LogP contribution in [0, 0.1) is 22.7 Å². The number of esters is 2. The van der Waals surface area contributed by atoms with Gasteiger partial charge in [-0.1, -0.05) is 72.2 Å². The first-order chi connectivity index (χ1) is 21.5. The van der Waals surface area contributed by atoms with E-state index in [1.807, 2.05) is 34.6 Å². The summed E-state index contributed by atoms with van der Waals surface area (Å²) in [5, 5.41) is 37.5. The smallest absolute Gasteiger partial charge is 0.338 e. The number of carbonyl (C=O) groups is 2. The van der Waals surface area contributed by atoms with Crippen LogP contribution < -0.4 is 0 Å². The van der Waals surface area contributed by atoms with E-state index in [0.29, 0.717) is 17.6 Å². The second-order valence-electron chi connectivity index (χ2n) is 15.1. The molecule has 2 saturated carbocycles. The Balaban J connectivity index is 1.83. The highest BCUT2D eigenvalue weighted by molar-refractivity contribution is 6.73. The van der Waals surface area contributed by atoms with E-state index in [0.717, 1.165) is 23.7 Å². The molecular formula is C36H54O9Si. The average Bonchev–Trinajstić information content (AvgIpc) is 3.01. The minimum atomic E-state index is -2.30. The zero-order chi connectivity index (χ0) is 34.0. The SMILES string of the molecule is CC[Si](CC)(CC)O[C@H]1C[C@H]2OC[C@@]2(OC(C)=O)[C@H]2[C@H](OC(=O)c3ccccc3)[C@]3(O)C[C@H](O)C(C)=C([C@@H](C)C(O)[C@]12C)C3(C)C. The number of benzene rings is 1. The summed E-state index contributed by atoms with van der Waals surface area (Å²) in [7, 11) is -2.30. The van der Waals surface area contributed by atoms with Crippen LogP contribution in [-0.2, 0) is 23.4 Å². The number of fused-ring (bicyclic) bond motifs is 5. The van der Waals surface area contributed by atoms with Crippen LogP contribution in [0.15, 0.2) is 41.5 Å². The summed E-state index contributed by atoms with van der Waals surface area (Å²) in [6, 6.07) is 11.2. The Labute approximate surface area is 274 Å². The van der Waals surface area contributed by atoms with Crippen LogP contribution in [0.3, 0.4) is 0 Å². The Hall–Kier alpha value is -2.08. The van der Waals surface area contributed by atoms with Crippen LogP contribution in [0.1, 0.15) is 85.5 Å². The first kappa shape index (κ1) is 35.2.